The summed E-state index contributed by atoms with van der Waals surface area (Å²) < 4.78 is 44.9. The molecule has 10 nitrogen and oxygen atoms in total. The second kappa shape index (κ2) is 8.51. The van der Waals surface area contributed by atoms with Gasteiger partial charge >= 0.3 is 10.1 Å². The largest absolute Gasteiger partial charge is 0.493 e. The molecule has 0 bridgehead atoms. The SMILES string of the molecule is COc1cc(C(=O)c2cnc(-c3c[nH]c4ccccc34)[nH]2)c(OS(C)(=O)=O)c(OC)c1OC. The number of methoxy groups -OCH3 is 3. The molecule has 2 aromatic carbocycles. The van der Waals surface area contributed by atoms with Gasteiger partial charge in [-0.2, -0.15) is 8.42 Å². The number of hydrogen-bond donors (Lipinski definition) is 2. The maximum Gasteiger partial charge on any atom is 0.306 e. The van der Waals surface area contributed by atoms with Crippen LogP contribution < -0.4 is 18.4 Å². The predicted octanol–water partition coefficient (Wildman–Crippen LogP) is 3.15. The van der Waals surface area contributed by atoms with Gasteiger partial charge in [0.15, 0.2) is 11.5 Å². The van der Waals surface area contributed by atoms with Gasteiger partial charge in [0.05, 0.1) is 39.3 Å². The number of imidazole rings is 1. The van der Waals surface area contributed by atoms with Crippen molar-refractivity contribution < 1.29 is 31.6 Å². The van der Waals surface area contributed by atoms with Crippen LogP contribution in [0.5, 0.6) is 23.0 Å². The number of ketones is 1. The molecule has 4 aromatic rings. The fraction of sp³-hybridized carbons (Fsp3) is 0.182. The molecule has 0 saturated carbocycles. The molecule has 0 unspecified atom stereocenters. The summed E-state index contributed by atoms with van der Waals surface area (Å²) in [4.78, 5) is 23.9. The molecule has 2 heterocycles. The number of fused-ring (bicyclic) bond motifs is 1. The number of aromatic amines is 2. The van der Waals surface area contributed by atoms with Gasteiger partial charge in [-0.05, 0) is 12.1 Å². The molecule has 0 atom stereocenters. The average Bonchev–Trinajstić information content (AvgIpc) is 3.44. The van der Waals surface area contributed by atoms with Crippen molar-refractivity contribution in [2.45, 2.75) is 0 Å². The lowest BCUT2D eigenvalue weighted by Gasteiger charge is -2.18. The first kappa shape index (κ1) is 22.2. The standard InChI is InChI=1S/C22H21N3O7S/c1-29-17-9-13(19(32-33(4,27)28)21(31-3)20(17)30-2)18(26)16-11-24-22(25-16)14-10-23-15-8-6-5-7-12(14)15/h5-11,23H,1-4H3,(H,24,25). The maximum absolute atomic E-state index is 13.4. The lowest BCUT2D eigenvalue weighted by molar-refractivity contribution is 0.103. The third-order valence-electron chi connectivity index (χ3n) is 4.93. The van der Waals surface area contributed by atoms with Crippen LogP contribution in [0.4, 0.5) is 0 Å². The van der Waals surface area contributed by atoms with Crippen LogP contribution in [0.3, 0.4) is 0 Å². The molecule has 0 aliphatic carbocycles. The van der Waals surface area contributed by atoms with Gasteiger partial charge in [-0.15, -0.1) is 0 Å². The van der Waals surface area contributed by atoms with E-state index in [-0.39, 0.29) is 34.3 Å². The Morgan fingerprint density at radius 3 is 2.39 bits per heavy atom. The van der Waals surface area contributed by atoms with Gasteiger partial charge in [0, 0.05) is 22.7 Å². The molecule has 0 radical (unpaired) electrons. The highest BCUT2D eigenvalue weighted by Gasteiger charge is 2.29. The molecule has 0 amide bonds. The zero-order valence-electron chi connectivity index (χ0n) is 18.3. The van der Waals surface area contributed by atoms with E-state index in [9.17, 15) is 13.2 Å². The summed E-state index contributed by atoms with van der Waals surface area (Å²) in [5.41, 5.74) is 1.71. The number of aromatic nitrogens is 3. The van der Waals surface area contributed by atoms with E-state index in [1.807, 2.05) is 24.3 Å². The van der Waals surface area contributed by atoms with Crippen molar-refractivity contribution in [1.82, 2.24) is 15.0 Å². The van der Waals surface area contributed by atoms with E-state index in [4.69, 9.17) is 18.4 Å². The van der Waals surface area contributed by atoms with Crippen LogP contribution in [-0.2, 0) is 10.1 Å². The number of hydrogen-bond acceptors (Lipinski definition) is 8. The molecule has 172 valence electrons. The minimum Gasteiger partial charge on any atom is -0.493 e. The molecule has 0 fully saturated rings. The Bertz CT molecular complexity index is 1450. The summed E-state index contributed by atoms with van der Waals surface area (Å²) in [7, 11) is 0.0305. The molecular weight excluding hydrogens is 450 g/mol. The van der Waals surface area contributed by atoms with Crippen LogP contribution in [0, 0.1) is 0 Å². The number of carbonyl (C=O) groups is 1. The second-order valence-corrected chi connectivity index (χ2v) is 8.61. The van der Waals surface area contributed by atoms with E-state index in [0.717, 1.165) is 22.7 Å². The van der Waals surface area contributed by atoms with Crippen molar-refractivity contribution >= 4 is 26.8 Å². The highest BCUT2D eigenvalue weighted by molar-refractivity contribution is 7.86. The summed E-state index contributed by atoms with van der Waals surface area (Å²) >= 11 is 0. The van der Waals surface area contributed by atoms with Crippen molar-refractivity contribution in [2.24, 2.45) is 0 Å². The first-order valence-corrected chi connectivity index (χ1v) is 11.5. The Kier molecular flexibility index (Phi) is 5.73. The molecule has 2 aromatic heterocycles. The number of nitrogens with one attached hydrogen (secondary N) is 2. The molecule has 0 saturated heterocycles. The minimum absolute atomic E-state index is 0.0827. The van der Waals surface area contributed by atoms with E-state index < -0.39 is 15.9 Å². The van der Waals surface area contributed by atoms with Crippen LogP contribution >= 0.6 is 0 Å². The van der Waals surface area contributed by atoms with Gasteiger partial charge in [0.1, 0.15) is 11.5 Å². The van der Waals surface area contributed by atoms with Crippen LogP contribution in [-0.4, -0.2) is 56.7 Å². The predicted molar refractivity (Wildman–Crippen MR) is 121 cm³/mol. The fourth-order valence-electron chi connectivity index (χ4n) is 3.52. The molecule has 2 N–H and O–H groups in total. The van der Waals surface area contributed by atoms with Crippen LogP contribution in [0.2, 0.25) is 0 Å². The number of rotatable bonds is 8. The highest BCUT2D eigenvalue weighted by atomic mass is 32.2. The summed E-state index contributed by atoms with van der Waals surface area (Å²) in [5, 5.41) is 0.930. The van der Waals surface area contributed by atoms with Crippen LogP contribution in [0.25, 0.3) is 22.3 Å². The summed E-state index contributed by atoms with van der Waals surface area (Å²) in [5.74, 6) is -0.276. The van der Waals surface area contributed by atoms with Crippen molar-refractivity contribution in [2.75, 3.05) is 27.6 Å². The van der Waals surface area contributed by atoms with Crippen molar-refractivity contribution in [3.05, 3.63) is 54.0 Å². The van der Waals surface area contributed by atoms with Gasteiger partial charge in [-0.25, -0.2) is 4.98 Å². The molecule has 0 aliphatic rings. The molecular formula is C22H21N3O7S. The van der Waals surface area contributed by atoms with E-state index >= 15 is 0 Å². The van der Waals surface area contributed by atoms with Crippen molar-refractivity contribution in [1.29, 1.82) is 0 Å². The van der Waals surface area contributed by atoms with Gasteiger partial charge in [-0.3, -0.25) is 4.79 Å². The quantitative estimate of drug-likeness (QED) is 0.296. The second-order valence-electron chi connectivity index (χ2n) is 7.03. The van der Waals surface area contributed by atoms with Crippen LogP contribution in [0.15, 0.2) is 42.7 Å². The first-order valence-electron chi connectivity index (χ1n) is 9.66. The smallest absolute Gasteiger partial charge is 0.306 e. The number of H-pyrrole nitrogens is 2. The Hall–Kier alpha value is -3.99. The van der Waals surface area contributed by atoms with Gasteiger partial charge in [0.25, 0.3) is 0 Å². The van der Waals surface area contributed by atoms with E-state index in [1.54, 1.807) is 6.20 Å². The summed E-state index contributed by atoms with van der Waals surface area (Å²) in [6.45, 7) is 0. The summed E-state index contributed by atoms with van der Waals surface area (Å²) in [6.07, 6.45) is 4.02. The Morgan fingerprint density at radius 1 is 1.00 bits per heavy atom. The lowest BCUT2D eigenvalue weighted by Crippen LogP contribution is -2.13. The third kappa shape index (κ3) is 4.10. The molecule has 11 heteroatoms. The highest BCUT2D eigenvalue weighted by Crippen LogP contribution is 2.47. The Labute approximate surface area is 189 Å². The number of benzene rings is 2. The Morgan fingerprint density at radius 2 is 1.73 bits per heavy atom. The zero-order valence-corrected chi connectivity index (χ0v) is 19.1. The van der Waals surface area contributed by atoms with Crippen molar-refractivity contribution in [3.63, 3.8) is 0 Å². The first-order chi connectivity index (χ1) is 15.8. The average molecular weight is 471 g/mol. The van der Waals surface area contributed by atoms with Gasteiger partial charge in [-0.1, -0.05) is 18.2 Å². The molecule has 0 aliphatic heterocycles. The number of para-hydroxylation sites is 1. The minimum atomic E-state index is -4.01. The topological polar surface area (TPSA) is 133 Å². The zero-order chi connectivity index (χ0) is 23.8. The Balaban J connectivity index is 1.84. The summed E-state index contributed by atoms with van der Waals surface area (Å²) in [6, 6.07) is 9.00. The van der Waals surface area contributed by atoms with Gasteiger partial charge in [0.2, 0.25) is 17.3 Å². The van der Waals surface area contributed by atoms with E-state index in [0.29, 0.717) is 5.82 Å². The maximum atomic E-state index is 13.4. The van der Waals surface area contributed by atoms with Gasteiger partial charge < -0.3 is 28.4 Å². The van der Waals surface area contributed by atoms with E-state index in [2.05, 4.69) is 15.0 Å². The van der Waals surface area contributed by atoms with Crippen LogP contribution in [0.1, 0.15) is 16.1 Å². The monoisotopic (exact) mass is 471 g/mol. The molecule has 4 rings (SSSR count). The normalized spacial score (nSPS) is 11.4. The number of carbonyl (C=O) groups excluding carboxylic acids is 1. The van der Waals surface area contributed by atoms with Crippen molar-refractivity contribution in [3.8, 4) is 34.4 Å². The van der Waals surface area contributed by atoms with E-state index in [1.165, 1.54) is 33.6 Å². The number of ether oxygens (including phenoxy) is 3. The lowest BCUT2D eigenvalue weighted by atomic mass is 10.1. The fourth-order valence-corrected chi connectivity index (χ4v) is 3.99. The molecule has 33 heavy (non-hydrogen) atoms. The number of nitrogens with zero attached hydrogens (tertiary/aromatic N) is 1. The third-order valence-corrected chi connectivity index (χ3v) is 5.40. The molecule has 0 spiro atoms.